The van der Waals surface area contributed by atoms with Crippen molar-refractivity contribution in [3.8, 4) is 0 Å². The Morgan fingerprint density at radius 3 is 3.04 bits per heavy atom. The highest BCUT2D eigenvalue weighted by atomic mass is 32.1. The molecule has 3 atom stereocenters. The number of nitrogens with zero attached hydrogens (tertiary/aromatic N) is 2. The zero-order valence-corrected chi connectivity index (χ0v) is 15.1. The van der Waals surface area contributed by atoms with Gasteiger partial charge < -0.3 is 15.0 Å². The molecule has 0 aromatic carbocycles. The number of rotatable bonds is 4. The van der Waals surface area contributed by atoms with E-state index < -0.39 is 0 Å². The van der Waals surface area contributed by atoms with Gasteiger partial charge in [-0.3, -0.25) is 0 Å². The van der Waals surface area contributed by atoms with Crippen LogP contribution in [0, 0.1) is 6.92 Å². The number of hydrogen-bond acceptors (Lipinski definition) is 4. The molecule has 1 fully saturated rings. The van der Waals surface area contributed by atoms with E-state index in [-0.39, 0.29) is 18.2 Å². The van der Waals surface area contributed by atoms with E-state index in [0.717, 1.165) is 43.8 Å². The topological polar surface area (TPSA) is 54.5 Å². The zero-order chi connectivity index (χ0) is 16.4. The fourth-order valence-electron chi connectivity index (χ4n) is 3.62. The molecule has 2 heterocycles. The van der Waals surface area contributed by atoms with E-state index in [9.17, 15) is 4.79 Å². The minimum absolute atomic E-state index is 0.00734. The molecule has 23 heavy (non-hydrogen) atoms. The molecule has 1 aromatic heterocycles. The molecule has 2 aliphatic rings. The Morgan fingerprint density at radius 2 is 2.30 bits per heavy atom. The number of carbonyl (C=O) groups is 1. The summed E-state index contributed by atoms with van der Waals surface area (Å²) in [5, 5.41) is 4.22. The minimum Gasteiger partial charge on any atom is -0.376 e. The number of hydrogen-bond donors (Lipinski definition) is 1. The molecule has 1 saturated heterocycles. The van der Waals surface area contributed by atoms with E-state index in [2.05, 4.69) is 12.2 Å². The Hall–Kier alpha value is -1.14. The number of thiazole rings is 1. The van der Waals surface area contributed by atoms with Gasteiger partial charge in [0.05, 0.1) is 22.8 Å². The van der Waals surface area contributed by atoms with Crippen LogP contribution >= 0.6 is 11.3 Å². The molecule has 5 nitrogen and oxygen atoms in total. The van der Waals surface area contributed by atoms with E-state index in [1.54, 1.807) is 4.90 Å². The second-order valence-electron chi connectivity index (χ2n) is 6.80. The van der Waals surface area contributed by atoms with Gasteiger partial charge in [-0.1, -0.05) is 0 Å². The van der Waals surface area contributed by atoms with E-state index in [0.29, 0.717) is 5.92 Å². The van der Waals surface area contributed by atoms with Gasteiger partial charge in [0.2, 0.25) is 0 Å². The molecule has 0 radical (unpaired) electrons. The molecule has 2 amide bonds. The summed E-state index contributed by atoms with van der Waals surface area (Å²) in [5.41, 5.74) is 1.23. The van der Waals surface area contributed by atoms with Gasteiger partial charge in [-0.25, -0.2) is 9.78 Å². The van der Waals surface area contributed by atoms with Crippen LogP contribution in [0.3, 0.4) is 0 Å². The molecular formula is C17H27N3O2S. The maximum Gasteiger partial charge on any atom is 0.317 e. The van der Waals surface area contributed by atoms with Crippen LogP contribution in [0.15, 0.2) is 0 Å². The van der Waals surface area contributed by atoms with Crippen LogP contribution in [0.2, 0.25) is 0 Å². The molecule has 0 unspecified atom stereocenters. The fourth-order valence-corrected chi connectivity index (χ4v) is 4.68. The molecular weight excluding hydrogens is 310 g/mol. The van der Waals surface area contributed by atoms with Gasteiger partial charge in [0.1, 0.15) is 0 Å². The lowest BCUT2D eigenvalue weighted by Crippen LogP contribution is -2.47. The first-order valence-electron chi connectivity index (χ1n) is 8.64. The fraction of sp³-hybridized carbons (Fsp3) is 0.765. The lowest BCUT2D eigenvalue weighted by Gasteiger charge is -2.28. The van der Waals surface area contributed by atoms with Crippen LogP contribution in [-0.4, -0.2) is 48.3 Å². The smallest absolute Gasteiger partial charge is 0.317 e. The standard InChI is InChI=1S/C17H27N3O2S/c1-11(14-7-5-9-22-14)18-17(21)20(3)10-13-6-4-8-15-16(13)19-12(2)23-15/h11,13-14H,4-10H2,1-3H3,(H,18,21)/t11-,13+,14-/m0/s1. The lowest BCUT2D eigenvalue weighted by molar-refractivity contribution is 0.0837. The summed E-state index contributed by atoms with van der Waals surface area (Å²) in [4.78, 5) is 20.4. The quantitative estimate of drug-likeness (QED) is 0.918. The maximum absolute atomic E-state index is 12.4. The second-order valence-corrected chi connectivity index (χ2v) is 8.09. The molecule has 0 spiro atoms. The third-order valence-electron chi connectivity index (χ3n) is 4.89. The summed E-state index contributed by atoms with van der Waals surface area (Å²) in [6, 6.07) is 0.0583. The number of urea groups is 1. The van der Waals surface area contributed by atoms with Crippen LogP contribution < -0.4 is 5.32 Å². The Bertz CT molecular complexity index is 554. The summed E-state index contributed by atoms with van der Waals surface area (Å²) in [6.45, 7) is 5.65. The number of amides is 2. The Morgan fingerprint density at radius 1 is 1.48 bits per heavy atom. The van der Waals surface area contributed by atoms with Crippen LogP contribution in [0.5, 0.6) is 0 Å². The van der Waals surface area contributed by atoms with Crippen molar-refractivity contribution in [2.75, 3.05) is 20.2 Å². The predicted molar refractivity (Wildman–Crippen MR) is 92.1 cm³/mol. The predicted octanol–water partition coefficient (Wildman–Crippen LogP) is 3.08. The van der Waals surface area contributed by atoms with Gasteiger partial charge in [-0.15, -0.1) is 11.3 Å². The average molecular weight is 337 g/mol. The van der Waals surface area contributed by atoms with Crippen molar-refractivity contribution >= 4 is 17.4 Å². The summed E-state index contributed by atoms with van der Waals surface area (Å²) in [5.74, 6) is 0.373. The normalized spacial score (nSPS) is 25.0. The lowest BCUT2D eigenvalue weighted by atomic mass is 9.90. The van der Waals surface area contributed by atoms with Crippen molar-refractivity contribution in [1.82, 2.24) is 15.2 Å². The number of likely N-dealkylation sites (N-methyl/N-ethyl adjacent to an activating group) is 1. The first kappa shape index (κ1) is 16.7. The zero-order valence-electron chi connectivity index (χ0n) is 14.3. The average Bonchev–Trinajstić information content (AvgIpc) is 3.15. The van der Waals surface area contributed by atoms with Crippen molar-refractivity contribution in [3.05, 3.63) is 15.6 Å². The highest BCUT2D eigenvalue weighted by molar-refractivity contribution is 7.11. The maximum atomic E-state index is 12.4. The minimum atomic E-state index is -0.00734. The first-order chi connectivity index (χ1) is 11.0. The van der Waals surface area contributed by atoms with Crippen LogP contribution in [-0.2, 0) is 11.2 Å². The third-order valence-corrected chi connectivity index (χ3v) is 5.94. The van der Waals surface area contributed by atoms with Crippen molar-refractivity contribution in [1.29, 1.82) is 0 Å². The van der Waals surface area contributed by atoms with E-state index >= 15 is 0 Å². The highest BCUT2D eigenvalue weighted by Crippen LogP contribution is 2.34. The van der Waals surface area contributed by atoms with Crippen LogP contribution in [0.25, 0.3) is 0 Å². The molecule has 1 aliphatic carbocycles. The first-order valence-corrected chi connectivity index (χ1v) is 9.45. The highest BCUT2D eigenvalue weighted by Gasteiger charge is 2.28. The van der Waals surface area contributed by atoms with Crippen molar-refractivity contribution < 1.29 is 9.53 Å². The Kier molecular flexibility index (Phi) is 5.21. The van der Waals surface area contributed by atoms with Gasteiger partial charge in [0, 0.05) is 31.0 Å². The summed E-state index contributed by atoms with van der Waals surface area (Å²) in [7, 11) is 1.88. The molecule has 6 heteroatoms. The number of aryl methyl sites for hydroxylation is 2. The molecule has 1 N–H and O–H groups in total. The van der Waals surface area contributed by atoms with Gasteiger partial charge >= 0.3 is 6.03 Å². The molecule has 0 bridgehead atoms. The number of fused-ring (bicyclic) bond motifs is 1. The van der Waals surface area contributed by atoms with E-state index in [1.165, 1.54) is 17.0 Å². The third kappa shape index (κ3) is 3.86. The van der Waals surface area contributed by atoms with Gasteiger partial charge in [-0.05, 0) is 46.0 Å². The summed E-state index contributed by atoms with van der Waals surface area (Å²) < 4.78 is 5.65. The van der Waals surface area contributed by atoms with Gasteiger partial charge in [0.15, 0.2) is 0 Å². The number of carbonyl (C=O) groups excluding carboxylic acids is 1. The SMILES string of the molecule is Cc1nc2c(s1)CCC[C@@H]2CN(C)C(=O)N[C@@H](C)[C@@H]1CCCO1. The number of ether oxygens (including phenoxy) is 1. The molecule has 1 aliphatic heterocycles. The monoisotopic (exact) mass is 337 g/mol. The van der Waals surface area contributed by atoms with E-state index in [1.807, 2.05) is 25.3 Å². The molecule has 3 rings (SSSR count). The Labute approximate surface area is 142 Å². The largest absolute Gasteiger partial charge is 0.376 e. The van der Waals surface area contributed by atoms with Crippen molar-refractivity contribution in [2.45, 2.75) is 64.0 Å². The number of nitrogens with one attached hydrogen (secondary N) is 1. The molecule has 0 saturated carbocycles. The molecule has 1 aromatic rings. The van der Waals surface area contributed by atoms with Crippen LogP contribution in [0.1, 0.15) is 54.1 Å². The Balaban J connectivity index is 1.56. The second kappa shape index (κ2) is 7.18. The van der Waals surface area contributed by atoms with E-state index in [4.69, 9.17) is 9.72 Å². The van der Waals surface area contributed by atoms with Crippen molar-refractivity contribution in [3.63, 3.8) is 0 Å². The molecule has 128 valence electrons. The summed E-state index contributed by atoms with van der Waals surface area (Å²) in [6.07, 6.45) is 5.75. The van der Waals surface area contributed by atoms with Crippen LogP contribution in [0.4, 0.5) is 4.79 Å². The van der Waals surface area contributed by atoms with Gasteiger partial charge in [0.25, 0.3) is 0 Å². The van der Waals surface area contributed by atoms with Gasteiger partial charge in [-0.2, -0.15) is 0 Å². The number of aromatic nitrogens is 1. The summed E-state index contributed by atoms with van der Waals surface area (Å²) >= 11 is 1.81. The van der Waals surface area contributed by atoms with Crippen molar-refractivity contribution in [2.24, 2.45) is 0 Å².